The zero-order valence-electron chi connectivity index (χ0n) is 15.7. The lowest BCUT2D eigenvalue weighted by Crippen LogP contribution is -2.45. The van der Waals surface area contributed by atoms with E-state index in [0.717, 1.165) is 26.2 Å². The van der Waals surface area contributed by atoms with E-state index in [1.807, 2.05) is 0 Å². The molecule has 0 aromatic heterocycles. The quantitative estimate of drug-likeness (QED) is 0.774. The van der Waals surface area contributed by atoms with Crippen LogP contribution in [0.2, 0.25) is 0 Å². The molecule has 4 rings (SSSR count). The Labute approximate surface area is 156 Å². The summed E-state index contributed by atoms with van der Waals surface area (Å²) in [6.45, 7) is 4.25. The molecule has 0 radical (unpaired) electrons. The highest BCUT2D eigenvalue weighted by Gasteiger charge is 2.25. The molecule has 0 amide bonds. The Morgan fingerprint density at radius 2 is 1.54 bits per heavy atom. The lowest BCUT2D eigenvalue weighted by molar-refractivity contribution is 0.199. The van der Waals surface area contributed by atoms with E-state index in [1.54, 1.807) is 0 Å². The highest BCUT2D eigenvalue weighted by atomic mass is 15.2. The van der Waals surface area contributed by atoms with Gasteiger partial charge < -0.3 is 10.2 Å². The first-order chi connectivity index (χ1) is 12.7. The summed E-state index contributed by atoms with van der Waals surface area (Å²) < 4.78 is 0. The molecule has 1 aliphatic heterocycles. The van der Waals surface area contributed by atoms with E-state index in [9.17, 15) is 0 Å². The van der Waals surface area contributed by atoms with Gasteiger partial charge in [-0.25, -0.2) is 0 Å². The summed E-state index contributed by atoms with van der Waals surface area (Å²) in [5, 5.41) is 6.16. The Kier molecular flexibility index (Phi) is 4.91. The van der Waals surface area contributed by atoms with Crippen LogP contribution in [0.5, 0.6) is 0 Å². The molecule has 1 N–H and O–H groups in total. The van der Waals surface area contributed by atoms with Crippen molar-refractivity contribution in [2.45, 2.75) is 6.04 Å². The van der Waals surface area contributed by atoms with Gasteiger partial charge in [0.05, 0.1) is 6.04 Å². The van der Waals surface area contributed by atoms with Crippen molar-refractivity contribution < 1.29 is 0 Å². The average Bonchev–Trinajstić information content (AvgIpc) is 2.70. The number of piperazine rings is 1. The van der Waals surface area contributed by atoms with Crippen LogP contribution in [0.25, 0.3) is 10.8 Å². The summed E-state index contributed by atoms with van der Waals surface area (Å²) >= 11 is 0. The molecule has 3 aromatic rings. The normalized spacial score (nSPS) is 16.5. The number of rotatable bonds is 4. The Balaban J connectivity index is 1.82. The van der Waals surface area contributed by atoms with Gasteiger partial charge in [0.1, 0.15) is 0 Å². The SMILES string of the molecule is CN(C)c1ccc(C(c2cccc3ccccc23)N2CCNCC2)cc1. The number of fused-ring (bicyclic) bond motifs is 1. The minimum Gasteiger partial charge on any atom is -0.378 e. The van der Waals surface area contributed by atoms with E-state index in [0.29, 0.717) is 6.04 Å². The number of anilines is 1. The Hall–Kier alpha value is -2.36. The van der Waals surface area contributed by atoms with Gasteiger partial charge in [0.25, 0.3) is 0 Å². The van der Waals surface area contributed by atoms with E-state index in [2.05, 4.69) is 95.9 Å². The largest absolute Gasteiger partial charge is 0.378 e. The molecular formula is C23H27N3. The predicted molar refractivity (Wildman–Crippen MR) is 111 cm³/mol. The molecule has 1 heterocycles. The van der Waals surface area contributed by atoms with Gasteiger partial charge in [-0.2, -0.15) is 0 Å². The first kappa shape index (κ1) is 17.1. The molecule has 1 atom stereocenters. The molecule has 0 spiro atoms. The Morgan fingerprint density at radius 1 is 0.846 bits per heavy atom. The first-order valence-corrected chi connectivity index (χ1v) is 9.44. The van der Waals surface area contributed by atoms with Crippen LogP contribution in [-0.2, 0) is 0 Å². The maximum Gasteiger partial charge on any atom is 0.0608 e. The molecule has 1 saturated heterocycles. The number of benzene rings is 3. The second-order valence-electron chi connectivity index (χ2n) is 7.24. The molecule has 26 heavy (non-hydrogen) atoms. The van der Waals surface area contributed by atoms with Crippen LogP contribution in [-0.4, -0.2) is 45.2 Å². The molecule has 3 nitrogen and oxygen atoms in total. The van der Waals surface area contributed by atoms with E-state index in [-0.39, 0.29) is 0 Å². The predicted octanol–water partition coefficient (Wildman–Crippen LogP) is 3.90. The molecular weight excluding hydrogens is 318 g/mol. The van der Waals surface area contributed by atoms with Crippen molar-refractivity contribution in [1.82, 2.24) is 10.2 Å². The van der Waals surface area contributed by atoms with Crippen molar-refractivity contribution in [3.8, 4) is 0 Å². The molecule has 0 aliphatic carbocycles. The van der Waals surface area contributed by atoms with Crippen molar-refractivity contribution in [2.75, 3.05) is 45.2 Å². The fourth-order valence-corrected chi connectivity index (χ4v) is 3.97. The fraction of sp³-hybridized carbons (Fsp3) is 0.304. The van der Waals surface area contributed by atoms with Crippen molar-refractivity contribution in [3.63, 3.8) is 0 Å². The summed E-state index contributed by atoms with van der Waals surface area (Å²) in [4.78, 5) is 4.77. The van der Waals surface area contributed by atoms with Crippen LogP contribution in [0.15, 0.2) is 66.7 Å². The smallest absolute Gasteiger partial charge is 0.0608 e. The molecule has 134 valence electrons. The summed E-state index contributed by atoms with van der Waals surface area (Å²) in [7, 11) is 4.18. The maximum absolute atomic E-state index is 3.49. The van der Waals surface area contributed by atoms with Crippen LogP contribution >= 0.6 is 0 Å². The molecule has 1 fully saturated rings. The minimum atomic E-state index is 0.291. The number of nitrogens with one attached hydrogen (secondary N) is 1. The Morgan fingerprint density at radius 3 is 2.27 bits per heavy atom. The van der Waals surface area contributed by atoms with Gasteiger partial charge in [0, 0.05) is 46.0 Å². The van der Waals surface area contributed by atoms with E-state index in [4.69, 9.17) is 0 Å². The van der Waals surface area contributed by atoms with Crippen molar-refractivity contribution in [2.24, 2.45) is 0 Å². The second kappa shape index (κ2) is 7.48. The van der Waals surface area contributed by atoms with Gasteiger partial charge in [-0.1, -0.05) is 54.6 Å². The van der Waals surface area contributed by atoms with E-state index >= 15 is 0 Å². The summed E-state index contributed by atoms with van der Waals surface area (Å²) in [6, 6.07) is 24.8. The summed E-state index contributed by atoms with van der Waals surface area (Å²) in [6.07, 6.45) is 0. The molecule has 3 heteroatoms. The third-order valence-electron chi connectivity index (χ3n) is 5.36. The van der Waals surface area contributed by atoms with Crippen LogP contribution in [0, 0.1) is 0 Å². The van der Waals surface area contributed by atoms with Crippen LogP contribution < -0.4 is 10.2 Å². The van der Waals surface area contributed by atoms with E-state index in [1.165, 1.54) is 27.6 Å². The van der Waals surface area contributed by atoms with Crippen molar-refractivity contribution in [3.05, 3.63) is 77.9 Å². The van der Waals surface area contributed by atoms with Gasteiger partial charge in [0.15, 0.2) is 0 Å². The molecule has 1 unspecified atom stereocenters. The highest BCUT2D eigenvalue weighted by Crippen LogP contribution is 2.34. The first-order valence-electron chi connectivity index (χ1n) is 9.44. The molecule has 0 saturated carbocycles. The Bertz CT molecular complexity index is 859. The van der Waals surface area contributed by atoms with Crippen LogP contribution in [0.4, 0.5) is 5.69 Å². The number of hydrogen-bond acceptors (Lipinski definition) is 3. The second-order valence-corrected chi connectivity index (χ2v) is 7.24. The monoisotopic (exact) mass is 345 g/mol. The lowest BCUT2D eigenvalue weighted by Gasteiger charge is -2.36. The van der Waals surface area contributed by atoms with Crippen LogP contribution in [0.1, 0.15) is 17.2 Å². The van der Waals surface area contributed by atoms with Gasteiger partial charge in [-0.3, -0.25) is 4.90 Å². The van der Waals surface area contributed by atoms with Gasteiger partial charge in [-0.05, 0) is 34.0 Å². The summed E-state index contributed by atoms with van der Waals surface area (Å²) in [5.74, 6) is 0. The van der Waals surface area contributed by atoms with E-state index < -0.39 is 0 Å². The lowest BCUT2D eigenvalue weighted by atomic mass is 9.92. The van der Waals surface area contributed by atoms with Crippen LogP contribution in [0.3, 0.4) is 0 Å². The zero-order valence-corrected chi connectivity index (χ0v) is 15.7. The highest BCUT2D eigenvalue weighted by molar-refractivity contribution is 5.86. The van der Waals surface area contributed by atoms with Gasteiger partial charge in [-0.15, -0.1) is 0 Å². The van der Waals surface area contributed by atoms with Crippen molar-refractivity contribution in [1.29, 1.82) is 0 Å². The molecule has 1 aliphatic rings. The third kappa shape index (κ3) is 3.33. The van der Waals surface area contributed by atoms with Gasteiger partial charge >= 0.3 is 0 Å². The van der Waals surface area contributed by atoms with Gasteiger partial charge in [0.2, 0.25) is 0 Å². The number of nitrogens with zero attached hydrogens (tertiary/aromatic N) is 2. The minimum absolute atomic E-state index is 0.291. The molecule has 0 bridgehead atoms. The topological polar surface area (TPSA) is 18.5 Å². The molecule has 3 aromatic carbocycles. The standard InChI is InChI=1S/C23H27N3/c1-25(2)20-12-10-19(11-13-20)23(26-16-14-24-15-17-26)22-9-5-7-18-6-3-4-8-21(18)22/h3-13,23-24H,14-17H2,1-2H3. The number of hydrogen-bond donors (Lipinski definition) is 1. The third-order valence-corrected chi connectivity index (χ3v) is 5.36. The van der Waals surface area contributed by atoms with Crippen molar-refractivity contribution >= 4 is 16.5 Å². The zero-order chi connectivity index (χ0) is 17.9. The fourth-order valence-electron chi connectivity index (χ4n) is 3.97. The average molecular weight is 345 g/mol. The maximum atomic E-state index is 3.49. The summed E-state index contributed by atoms with van der Waals surface area (Å²) in [5.41, 5.74) is 4.02.